The van der Waals surface area contributed by atoms with Gasteiger partial charge in [0.2, 0.25) is 0 Å². The topological polar surface area (TPSA) is 84.7 Å². The maximum absolute atomic E-state index is 11.9. The van der Waals surface area contributed by atoms with Crippen LogP contribution in [0.25, 0.3) is 0 Å². The monoisotopic (exact) mass is 281 g/mol. The van der Waals surface area contributed by atoms with Gasteiger partial charge in [-0.15, -0.1) is 0 Å². The first-order valence-corrected chi connectivity index (χ1v) is 6.21. The maximum atomic E-state index is 11.9. The van der Waals surface area contributed by atoms with E-state index in [1.165, 1.54) is 25.3 Å². The van der Waals surface area contributed by atoms with E-state index in [-0.39, 0.29) is 22.9 Å². The second-order valence-corrected chi connectivity index (χ2v) is 4.56. The standard InChI is InChI=1S/C13H19N3O4/c1-15(2)8-4-7-14-13(17)10-5-6-12(20-3)11(9-10)16(18)19/h5-6,9H,4,7-8H2,1-3H3,(H,14,17). The van der Waals surface area contributed by atoms with Crippen molar-refractivity contribution in [2.24, 2.45) is 0 Å². The number of ether oxygens (including phenoxy) is 1. The molecule has 0 fully saturated rings. The number of nitrogens with one attached hydrogen (secondary N) is 1. The average Bonchev–Trinajstić information content (AvgIpc) is 2.42. The number of amides is 1. The molecular formula is C13H19N3O4. The number of methoxy groups -OCH3 is 1. The Kier molecular flexibility index (Phi) is 5.92. The van der Waals surface area contributed by atoms with Gasteiger partial charge in [0.25, 0.3) is 5.91 Å². The molecule has 0 bridgehead atoms. The van der Waals surface area contributed by atoms with Gasteiger partial charge < -0.3 is 15.0 Å². The first-order valence-electron chi connectivity index (χ1n) is 6.21. The number of nitro benzene ring substituents is 1. The lowest BCUT2D eigenvalue weighted by Crippen LogP contribution is -2.27. The Bertz CT molecular complexity index is 489. The highest BCUT2D eigenvalue weighted by molar-refractivity contribution is 5.95. The normalized spacial score (nSPS) is 10.4. The molecule has 0 unspecified atom stereocenters. The molecular weight excluding hydrogens is 262 g/mol. The number of nitro groups is 1. The van der Waals surface area contributed by atoms with Gasteiger partial charge in [-0.2, -0.15) is 0 Å². The van der Waals surface area contributed by atoms with Crippen molar-refractivity contribution in [1.82, 2.24) is 10.2 Å². The molecule has 0 saturated heterocycles. The van der Waals surface area contributed by atoms with Crippen LogP contribution in [0.2, 0.25) is 0 Å². The van der Waals surface area contributed by atoms with Crippen molar-refractivity contribution >= 4 is 11.6 Å². The molecule has 0 radical (unpaired) electrons. The van der Waals surface area contributed by atoms with Crippen LogP contribution in [0.3, 0.4) is 0 Å². The van der Waals surface area contributed by atoms with Crippen LogP contribution in [-0.4, -0.2) is 50.0 Å². The van der Waals surface area contributed by atoms with Gasteiger partial charge >= 0.3 is 5.69 Å². The molecule has 20 heavy (non-hydrogen) atoms. The summed E-state index contributed by atoms with van der Waals surface area (Å²) in [7, 11) is 5.26. The zero-order valence-electron chi connectivity index (χ0n) is 11.9. The van der Waals surface area contributed by atoms with Crippen molar-refractivity contribution in [3.8, 4) is 5.75 Å². The van der Waals surface area contributed by atoms with E-state index < -0.39 is 4.92 Å². The van der Waals surface area contributed by atoms with E-state index in [1.807, 2.05) is 19.0 Å². The molecule has 1 aromatic carbocycles. The molecule has 0 atom stereocenters. The molecule has 1 rings (SSSR count). The molecule has 0 heterocycles. The summed E-state index contributed by atoms with van der Waals surface area (Å²) in [5.74, 6) is -0.186. The largest absolute Gasteiger partial charge is 0.490 e. The minimum Gasteiger partial charge on any atom is -0.490 e. The van der Waals surface area contributed by atoms with E-state index in [1.54, 1.807) is 0 Å². The third-order valence-corrected chi connectivity index (χ3v) is 2.71. The molecule has 1 aromatic rings. The second-order valence-electron chi connectivity index (χ2n) is 4.56. The first kappa shape index (κ1) is 15.9. The van der Waals surface area contributed by atoms with E-state index in [9.17, 15) is 14.9 Å². The first-order chi connectivity index (χ1) is 9.45. The average molecular weight is 281 g/mol. The molecule has 1 N–H and O–H groups in total. The quantitative estimate of drug-likeness (QED) is 0.462. The zero-order chi connectivity index (χ0) is 15.1. The zero-order valence-corrected chi connectivity index (χ0v) is 11.9. The summed E-state index contributed by atoms with van der Waals surface area (Å²) in [4.78, 5) is 24.2. The van der Waals surface area contributed by atoms with Crippen LogP contribution in [-0.2, 0) is 0 Å². The lowest BCUT2D eigenvalue weighted by Gasteiger charge is -2.10. The Labute approximate surface area is 117 Å². The van der Waals surface area contributed by atoms with Crippen molar-refractivity contribution in [3.63, 3.8) is 0 Å². The fourth-order valence-corrected chi connectivity index (χ4v) is 1.67. The number of rotatable bonds is 7. The SMILES string of the molecule is COc1ccc(C(=O)NCCCN(C)C)cc1[N+](=O)[O-]. The molecule has 7 heteroatoms. The Morgan fingerprint density at radius 2 is 2.15 bits per heavy atom. The van der Waals surface area contributed by atoms with Crippen LogP contribution in [0.5, 0.6) is 5.75 Å². The van der Waals surface area contributed by atoms with Crippen molar-refractivity contribution < 1.29 is 14.5 Å². The molecule has 0 saturated carbocycles. The third-order valence-electron chi connectivity index (χ3n) is 2.71. The lowest BCUT2D eigenvalue weighted by molar-refractivity contribution is -0.385. The van der Waals surface area contributed by atoms with E-state index in [4.69, 9.17) is 4.74 Å². The summed E-state index contributed by atoms with van der Waals surface area (Å²) in [6.45, 7) is 1.39. The van der Waals surface area contributed by atoms with Crippen LogP contribution >= 0.6 is 0 Å². The molecule has 0 spiro atoms. The lowest BCUT2D eigenvalue weighted by atomic mass is 10.1. The van der Waals surface area contributed by atoms with Crippen molar-refractivity contribution in [1.29, 1.82) is 0 Å². The molecule has 0 aromatic heterocycles. The Morgan fingerprint density at radius 3 is 2.70 bits per heavy atom. The van der Waals surface area contributed by atoms with Gasteiger partial charge in [0, 0.05) is 18.2 Å². The number of hydrogen-bond acceptors (Lipinski definition) is 5. The fraction of sp³-hybridized carbons (Fsp3) is 0.462. The van der Waals surface area contributed by atoms with Gasteiger partial charge in [0.05, 0.1) is 12.0 Å². The van der Waals surface area contributed by atoms with E-state index in [0.29, 0.717) is 6.54 Å². The maximum Gasteiger partial charge on any atom is 0.311 e. The predicted molar refractivity (Wildman–Crippen MR) is 75.2 cm³/mol. The summed E-state index contributed by atoms with van der Waals surface area (Å²) in [6.07, 6.45) is 0.816. The minimum atomic E-state index is -0.568. The van der Waals surface area contributed by atoms with Gasteiger partial charge in [-0.1, -0.05) is 0 Å². The minimum absolute atomic E-state index is 0.138. The summed E-state index contributed by atoms with van der Waals surface area (Å²) in [6, 6.07) is 4.15. The van der Waals surface area contributed by atoms with Gasteiger partial charge in [0.15, 0.2) is 5.75 Å². The second kappa shape index (κ2) is 7.44. The molecule has 1 amide bonds. The van der Waals surface area contributed by atoms with Crippen molar-refractivity contribution in [3.05, 3.63) is 33.9 Å². The molecule has 0 aliphatic rings. The number of hydrogen-bond donors (Lipinski definition) is 1. The molecule has 0 aliphatic heterocycles. The van der Waals surface area contributed by atoms with E-state index in [0.717, 1.165) is 13.0 Å². The van der Waals surface area contributed by atoms with Crippen molar-refractivity contribution in [2.75, 3.05) is 34.3 Å². The Hall–Kier alpha value is -2.15. The van der Waals surface area contributed by atoms with Gasteiger partial charge in [-0.05, 0) is 39.2 Å². The van der Waals surface area contributed by atoms with E-state index >= 15 is 0 Å². The molecule has 7 nitrogen and oxygen atoms in total. The highest BCUT2D eigenvalue weighted by atomic mass is 16.6. The Balaban J connectivity index is 2.69. The van der Waals surface area contributed by atoms with Gasteiger partial charge in [0.1, 0.15) is 0 Å². The summed E-state index contributed by atoms with van der Waals surface area (Å²) in [5, 5.41) is 13.6. The van der Waals surface area contributed by atoms with Crippen LogP contribution in [0, 0.1) is 10.1 Å². The summed E-state index contributed by atoms with van der Waals surface area (Å²) >= 11 is 0. The van der Waals surface area contributed by atoms with E-state index in [2.05, 4.69) is 5.32 Å². The molecule has 0 aliphatic carbocycles. The predicted octanol–water partition coefficient (Wildman–Crippen LogP) is 1.28. The van der Waals surface area contributed by atoms with Crippen LogP contribution in [0.15, 0.2) is 18.2 Å². The highest BCUT2D eigenvalue weighted by Gasteiger charge is 2.17. The number of benzene rings is 1. The molecule has 110 valence electrons. The van der Waals surface area contributed by atoms with Crippen LogP contribution in [0.1, 0.15) is 16.8 Å². The number of carbonyl (C=O) groups excluding carboxylic acids is 1. The number of nitrogens with zero attached hydrogens (tertiary/aromatic N) is 2. The summed E-state index contributed by atoms with van der Waals surface area (Å²) < 4.78 is 4.89. The van der Waals surface area contributed by atoms with Crippen LogP contribution in [0.4, 0.5) is 5.69 Å². The van der Waals surface area contributed by atoms with Gasteiger partial charge in [-0.3, -0.25) is 14.9 Å². The smallest absolute Gasteiger partial charge is 0.311 e. The van der Waals surface area contributed by atoms with Crippen molar-refractivity contribution in [2.45, 2.75) is 6.42 Å². The Morgan fingerprint density at radius 1 is 1.45 bits per heavy atom. The summed E-state index contributed by atoms with van der Waals surface area (Å²) in [5.41, 5.74) is 0.0378. The van der Waals surface area contributed by atoms with Crippen LogP contribution < -0.4 is 10.1 Å². The highest BCUT2D eigenvalue weighted by Crippen LogP contribution is 2.27. The van der Waals surface area contributed by atoms with Gasteiger partial charge in [-0.25, -0.2) is 0 Å². The fourth-order valence-electron chi connectivity index (χ4n) is 1.67. The third kappa shape index (κ3) is 4.51. The number of carbonyl (C=O) groups is 1.